The van der Waals surface area contributed by atoms with Gasteiger partial charge in [0.2, 0.25) is 0 Å². The first-order chi connectivity index (χ1) is 7.35. The van der Waals surface area contributed by atoms with Crippen molar-refractivity contribution in [3.05, 3.63) is 0 Å². The van der Waals surface area contributed by atoms with Crippen molar-refractivity contribution in [1.29, 1.82) is 0 Å². The van der Waals surface area contributed by atoms with Gasteiger partial charge in [0, 0.05) is 13.0 Å². The van der Waals surface area contributed by atoms with E-state index in [0.717, 1.165) is 19.6 Å². The lowest BCUT2D eigenvalue weighted by atomic mass is 9.93. The zero-order chi connectivity index (χ0) is 12.6. The Labute approximate surface area is 100 Å². The second-order valence-corrected chi connectivity index (χ2v) is 5.54. The third kappa shape index (κ3) is 10.1. The third-order valence-corrected chi connectivity index (χ3v) is 2.51. The molecule has 0 aromatic heterocycles. The smallest absolute Gasteiger partial charge is 0.149 e. The number of ketones is 1. The maximum Gasteiger partial charge on any atom is 0.149 e. The summed E-state index contributed by atoms with van der Waals surface area (Å²) in [5.41, 5.74) is 0.312. The lowest BCUT2D eigenvalue weighted by Crippen LogP contribution is -2.26. The second kappa shape index (κ2) is 7.80. The topological polar surface area (TPSA) is 29.5 Å². The van der Waals surface area contributed by atoms with Gasteiger partial charge in [0.05, 0.1) is 13.2 Å². The molecular weight excluding hydrogens is 202 g/mol. The van der Waals surface area contributed by atoms with E-state index in [1.807, 2.05) is 18.9 Å². The van der Waals surface area contributed by atoms with E-state index >= 15 is 0 Å². The molecule has 0 rings (SSSR count). The van der Waals surface area contributed by atoms with E-state index in [2.05, 4.69) is 20.8 Å². The number of hydrogen-bond donors (Lipinski definition) is 0. The highest BCUT2D eigenvalue weighted by Crippen LogP contribution is 2.17. The molecule has 0 saturated heterocycles. The molecule has 0 aromatic carbocycles. The molecule has 0 amide bonds. The van der Waals surface area contributed by atoms with Gasteiger partial charge >= 0.3 is 0 Å². The summed E-state index contributed by atoms with van der Waals surface area (Å²) in [6.07, 6.45) is 1.57. The Balaban J connectivity index is 3.42. The van der Waals surface area contributed by atoms with Crippen LogP contribution in [0.15, 0.2) is 0 Å². The van der Waals surface area contributed by atoms with Crippen molar-refractivity contribution in [2.75, 3.05) is 33.4 Å². The van der Waals surface area contributed by atoms with E-state index in [9.17, 15) is 4.79 Å². The van der Waals surface area contributed by atoms with Gasteiger partial charge in [-0.25, -0.2) is 0 Å². The maximum atomic E-state index is 11.5. The minimum atomic E-state index is 0.264. The Hall–Kier alpha value is -0.410. The Morgan fingerprint density at radius 1 is 1.25 bits per heavy atom. The molecule has 0 N–H and O–H groups in total. The van der Waals surface area contributed by atoms with Crippen molar-refractivity contribution < 1.29 is 9.53 Å². The van der Waals surface area contributed by atoms with Crippen LogP contribution >= 0.6 is 0 Å². The third-order valence-electron chi connectivity index (χ3n) is 2.51. The summed E-state index contributed by atoms with van der Waals surface area (Å²) in [5.74, 6) is 0.264. The molecule has 16 heavy (non-hydrogen) atoms. The summed E-state index contributed by atoms with van der Waals surface area (Å²) >= 11 is 0. The average molecular weight is 229 g/mol. The first-order valence-corrected chi connectivity index (χ1v) is 6.13. The molecule has 0 radical (unpaired) electrons. The van der Waals surface area contributed by atoms with Crippen LogP contribution in [0.5, 0.6) is 0 Å². The number of carbonyl (C=O) groups is 1. The molecule has 0 atom stereocenters. The SMILES string of the molecule is CCN(C)CC(=O)CCOCCC(C)(C)C. The van der Waals surface area contributed by atoms with Gasteiger partial charge in [-0.3, -0.25) is 9.69 Å². The fourth-order valence-electron chi connectivity index (χ4n) is 1.16. The number of likely N-dealkylation sites (N-methyl/N-ethyl adjacent to an activating group) is 1. The monoisotopic (exact) mass is 229 g/mol. The standard InChI is InChI=1S/C13H27NO2/c1-6-14(5)11-12(15)7-9-16-10-8-13(2,3)4/h6-11H2,1-5H3. The van der Waals surface area contributed by atoms with Crippen LogP contribution < -0.4 is 0 Å². The minimum absolute atomic E-state index is 0.264. The van der Waals surface area contributed by atoms with Crippen molar-refractivity contribution in [3.8, 4) is 0 Å². The molecule has 3 nitrogen and oxygen atoms in total. The molecule has 0 aliphatic rings. The molecule has 0 bridgehead atoms. The summed E-state index contributed by atoms with van der Waals surface area (Å²) in [6, 6.07) is 0. The molecule has 0 spiro atoms. The lowest BCUT2D eigenvalue weighted by Gasteiger charge is -2.17. The van der Waals surface area contributed by atoms with Gasteiger partial charge in [0.25, 0.3) is 0 Å². The normalized spacial score (nSPS) is 12.1. The van der Waals surface area contributed by atoms with Crippen molar-refractivity contribution >= 4 is 5.78 Å². The number of carbonyl (C=O) groups excluding carboxylic acids is 1. The van der Waals surface area contributed by atoms with E-state index in [1.54, 1.807) is 0 Å². The highest BCUT2D eigenvalue weighted by atomic mass is 16.5. The van der Waals surface area contributed by atoms with Crippen LogP contribution in [0.1, 0.15) is 40.5 Å². The average Bonchev–Trinajstić information content (AvgIpc) is 2.15. The van der Waals surface area contributed by atoms with Crippen molar-refractivity contribution in [1.82, 2.24) is 4.90 Å². The maximum absolute atomic E-state index is 11.5. The number of hydrogen-bond acceptors (Lipinski definition) is 3. The summed E-state index contributed by atoms with van der Waals surface area (Å²) < 4.78 is 5.46. The van der Waals surface area contributed by atoms with Gasteiger partial charge in [-0.05, 0) is 25.4 Å². The zero-order valence-electron chi connectivity index (χ0n) is 11.5. The Morgan fingerprint density at radius 2 is 1.88 bits per heavy atom. The molecule has 0 saturated carbocycles. The van der Waals surface area contributed by atoms with Crippen LogP contribution in [0.25, 0.3) is 0 Å². The van der Waals surface area contributed by atoms with E-state index in [1.165, 1.54) is 0 Å². The minimum Gasteiger partial charge on any atom is -0.381 e. The van der Waals surface area contributed by atoms with E-state index in [0.29, 0.717) is 25.0 Å². The van der Waals surface area contributed by atoms with Crippen molar-refractivity contribution in [2.24, 2.45) is 5.41 Å². The van der Waals surface area contributed by atoms with Crippen LogP contribution in [0.4, 0.5) is 0 Å². The molecule has 0 fully saturated rings. The van der Waals surface area contributed by atoms with Crippen LogP contribution in [0.2, 0.25) is 0 Å². The Kier molecular flexibility index (Phi) is 7.60. The molecule has 3 heteroatoms. The first-order valence-electron chi connectivity index (χ1n) is 6.13. The Bertz CT molecular complexity index is 197. The summed E-state index contributed by atoms with van der Waals surface area (Å²) in [5, 5.41) is 0. The second-order valence-electron chi connectivity index (χ2n) is 5.54. The van der Waals surface area contributed by atoms with Crippen molar-refractivity contribution in [3.63, 3.8) is 0 Å². The van der Waals surface area contributed by atoms with Gasteiger partial charge in [-0.1, -0.05) is 27.7 Å². The number of Topliss-reactive ketones (excluding diaryl/α,β-unsaturated/α-hetero) is 1. The van der Waals surface area contributed by atoms with Gasteiger partial charge in [0.1, 0.15) is 5.78 Å². The highest BCUT2D eigenvalue weighted by molar-refractivity contribution is 5.80. The number of ether oxygens (including phenoxy) is 1. The van der Waals surface area contributed by atoms with Crippen LogP contribution in [0, 0.1) is 5.41 Å². The fraction of sp³-hybridized carbons (Fsp3) is 0.923. The zero-order valence-corrected chi connectivity index (χ0v) is 11.5. The molecule has 0 aliphatic carbocycles. The summed E-state index contributed by atoms with van der Waals surface area (Å²) in [6.45, 7) is 11.4. The van der Waals surface area contributed by atoms with Crippen LogP contribution in [-0.4, -0.2) is 44.0 Å². The van der Waals surface area contributed by atoms with E-state index in [4.69, 9.17) is 4.74 Å². The first kappa shape index (κ1) is 15.6. The molecule has 0 aromatic rings. The van der Waals surface area contributed by atoms with Gasteiger partial charge in [-0.15, -0.1) is 0 Å². The number of rotatable bonds is 8. The summed E-state index contributed by atoms with van der Waals surface area (Å²) in [7, 11) is 1.96. The fourth-order valence-corrected chi connectivity index (χ4v) is 1.16. The molecular formula is C13H27NO2. The van der Waals surface area contributed by atoms with E-state index in [-0.39, 0.29) is 5.78 Å². The largest absolute Gasteiger partial charge is 0.381 e. The predicted octanol–water partition coefficient (Wildman–Crippen LogP) is 2.35. The van der Waals surface area contributed by atoms with Gasteiger partial charge in [-0.2, -0.15) is 0 Å². The Morgan fingerprint density at radius 3 is 2.38 bits per heavy atom. The quantitative estimate of drug-likeness (QED) is 0.598. The molecule has 0 unspecified atom stereocenters. The number of nitrogens with zero attached hydrogens (tertiary/aromatic N) is 1. The van der Waals surface area contributed by atoms with Gasteiger partial charge < -0.3 is 4.74 Å². The summed E-state index contributed by atoms with van der Waals surface area (Å²) in [4.78, 5) is 13.5. The molecule has 0 aliphatic heterocycles. The lowest BCUT2D eigenvalue weighted by molar-refractivity contribution is -0.121. The van der Waals surface area contributed by atoms with Crippen LogP contribution in [-0.2, 0) is 9.53 Å². The van der Waals surface area contributed by atoms with E-state index < -0.39 is 0 Å². The van der Waals surface area contributed by atoms with Crippen LogP contribution in [0.3, 0.4) is 0 Å². The predicted molar refractivity (Wildman–Crippen MR) is 67.7 cm³/mol. The van der Waals surface area contributed by atoms with Crippen molar-refractivity contribution in [2.45, 2.75) is 40.5 Å². The molecule has 96 valence electrons. The van der Waals surface area contributed by atoms with Gasteiger partial charge in [0.15, 0.2) is 0 Å². The highest BCUT2D eigenvalue weighted by Gasteiger charge is 2.10. The molecule has 0 heterocycles.